The lowest BCUT2D eigenvalue weighted by molar-refractivity contribution is 0.234. The summed E-state index contributed by atoms with van der Waals surface area (Å²) >= 11 is 0. The van der Waals surface area contributed by atoms with Crippen molar-refractivity contribution in [1.29, 1.82) is 0 Å². The van der Waals surface area contributed by atoms with E-state index in [-0.39, 0.29) is 22.9 Å². The number of nitrogens with one attached hydrogen (secondary N) is 2. The Morgan fingerprint density at radius 1 is 1.46 bits per heavy atom. The second-order valence-electron chi connectivity index (χ2n) is 5.27. The highest BCUT2D eigenvalue weighted by Gasteiger charge is 2.18. The summed E-state index contributed by atoms with van der Waals surface area (Å²) in [6.07, 6.45) is 5.23. The van der Waals surface area contributed by atoms with Gasteiger partial charge in [-0.1, -0.05) is 12.8 Å². The zero-order chi connectivity index (χ0) is 19.2. The van der Waals surface area contributed by atoms with Crippen molar-refractivity contribution in [1.82, 2.24) is 15.8 Å². The molecule has 0 saturated heterocycles. The van der Waals surface area contributed by atoms with Gasteiger partial charge in [-0.2, -0.15) is 0 Å². The molecule has 0 saturated carbocycles. The second kappa shape index (κ2) is 8.63. The van der Waals surface area contributed by atoms with Crippen LogP contribution >= 0.6 is 10.4 Å². The van der Waals surface area contributed by atoms with E-state index in [1.165, 1.54) is 18.2 Å². The van der Waals surface area contributed by atoms with Crippen LogP contribution in [0.1, 0.15) is 18.2 Å². The summed E-state index contributed by atoms with van der Waals surface area (Å²) in [5.74, 6) is 3.10. The Kier molecular flexibility index (Phi) is 6.53. The first-order valence-corrected chi connectivity index (χ1v) is 9.66. The third-order valence-corrected chi connectivity index (χ3v) is 5.52. The number of rotatable bonds is 7. The molecule has 140 valence electrons. The smallest absolute Gasteiger partial charge is 0.202 e. The van der Waals surface area contributed by atoms with E-state index in [0.717, 1.165) is 0 Å². The maximum Gasteiger partial charge on any atom is 0.202 e. The number of halogens is 1. The third kappa shape index (κ3) is 4.93. The number of benzene rings is 1. The van der Waals surface area contributed by atoms with Gasteiger partial charge in [0.25, 0.3) is 0 Å². The fraction of sp³-hybridized carbons (Fsp3) is 0.267. The number of aromatic nitrogens is 2. The van der Waals surface area contributed by atoms with Crippen LogP contribution in [-0.2, 0) is 0 Å². The molecule has 11 heteroatoms. The van der Waals surface area contributed by atoms with Crippen molar-refractivity contribution >= 4 is 27.7 Å². The first-order chi connectivity index (χ1) is 12.4. The number of nitrogens with zero attached hydrogens (tertiary/aromatic N) is 3. The fourth-order valence-electron chi connectivity index (χ4n) is 1.92. The average molecular weight is 381 g/mol. The van der Waals surface area contributed by atoms with E-state index < -0.39 is 16.2 Å². The minimum Gasteiger partial charge on any atom is -0.364 e. The van der Waals surface area contributed by atoms with Crippen molar-refractivity contribution in [3.63, 3.8) is 0 Å². The molecule has 26 heavy (non-hydrogen) atoms. The Labute approximate surface area is 151 Å². The Hall–Kier alpha value is -2.65. The summed E-state index contributed by atoms with van der Waals surface area (Å²) in [5, 5.41) is 31.7. The summed E-state index contributed by atoms with van der Waals surface area (Å²) in [4.78, 5) is 4.15. The van der Waals surface area contributed by atoms with Gasteiger partial charge in [0.1, 0.15) is 5.82 Å². The van der Waals surface area contributed by atoms with Crippen LogP contribution in [0.2, 0.25) is 0 Å². The number of hydrogen-bond donors (Lipinski definition) is 5. The summed E-state index contributed by atoms with van der Waals surface area (Å²) in [6.45, 7) is 2.36. The standard InChI is InChI=1S/C15H20FN7O2S/c1-3-10-9-11(5-6-12(10)16)20-15(21-24)13-14(23-25-22-13)19-7-8-26(17,18)4-2/h1,5-6,9,24H,4,7-8,17-18H2,2H3,(H,19,23)(H,20,21). The van der Waals surface area contributed by atoms with Gasteiger partial charge in [-0.25, -0.2) is 14.0 Å². The van der Waals surface area contributed by atoms with Gasteiger partial charge in [0.05, 0.1) is 11.3 Å². The normalized spacial score (nSPS) is 12.5. The van der Waals surface area contributed by atoms with Crippen LogP contribution in [-0.4, -0.2) is 39.4 Å². The molecule has 1 aromatic carbocycles. The van der Waals surface area contributed by atoms with Gasteiger partial charge in [0.15, 0.2) is 11.5 Å². The van der Waals surface area contributed by atoms with E-state index in [1.807, 2.05) is 12.4 Å². The predicted octanol–water partition coefficient (Wildman–Crippen LogP) is 1.23. The molecule has 7 N–H and O–H groups in total. The minimum absolute atomic E-state index is 0.0462. The third-order valence-electron chi connectivity index (χ3n) is 3.48. The lowest BCUT2D eigenvalue weighted by Crippen LogP contribution is -2.29. The number of hydrogen-bond acceptors (Lipinski definition) is 8. The van der Waals surface area contributed by atoms with E-state index >= 15 is 0 Å². The molecule has 0 fully saturated rings. The van der Waals surface area contributed by atoms with Crippen molar-refractivity contribution < 1.29 is 14.2 Å². The van der Waals surface area contributed by atoms with Crippen LogP contribution in [0.4, 0.5) is 15.9 Å². The zero-order valence-corrected chi connectivity index (χ0v) is 14.9. The number of nitrogens with two attached hydrogens (primary N) is 2. The molecule has 0 spiro atoms. The molecule has 0 amide bonds. The molecule has 0 aliphatic rings. The first-order valence-electron chi connectivity index (χ1n) is 7.56. The van der Waals surface area contributed by atoms with Gasteiger partial charge < -0.3 is 5.32 Å². The molecule has 0 radical (unpaired) electrons. The lowest BCUT2D eigenvalue weighted by atomic mass is 10.2. The highest BCUT2D eigenvalue weighted by molar-refractivity contribution is 8.30. The molecule has 0 bridgehead atoms. The van der Waals surface area contributed by atoms with Crippen LogP contribution in [0, 0.1) is 18.2 Å². The minimum atomic E-state index is -1.66. The van der Waals surface area contributed by atoms with Crippen LogP contribution < -0.4 is 21.1 Å². The Morgan fingerprint density at radius 3 is 2.88 bits per heavy atom. The zero-order valence-electron chi connectivity index (χ0n) is 14.1. The molecule has 0 aliphatic heterocycles. The molecule has 0 unspecified atom stereocenters. The van der Waals surface area contributed by atoms with E-state index in [2.05, 4.69) is 26.5 Å². The number of anilines is 1. The van der Waals surface area contributed by atoms with Crippen molar-refractivity contribution in [3.8, 4) is 12.3 Å². The molecule has 1 heterocycles. The van der Waals surface area contributed by atoms with Crippen molar-refractivity contribution in [2.24, 2.45) is 15.3 Å². The lowest BCUT2D eigenvalue weighted by Gasteiger charge is -2.28. The van der Waals surface area contributed by atoms with Gasteiger partial charge in [-0.05, 0) is 34.3 Å². The van der Waals surface area contributed by atoms with E-state index in [0.29, 0.717) is 23.7 Å². The van der Waals surface area contributed by atoms with Crippen LogP contribution in [0.15, 0.2) is 27.8 Å². The Bertz CT molecular complexity index is 832. The monoisotopic (exact) mass is 381 g/mol. The van der Waals surface area contributed by atoms with Gasteiger partial charge in [0, 0.05) is 12.3 Å². The van der Waals surface area contributed by atoms with Crippen LogP contribution in [0.5, 0.6) is 0 Å². The van der Waals surface area contributed by atoms with Crippen LogP contribution in [0.3, 0.4) is 0 Å². The highest BCUT2D eigenvalue weighted by Crippen LogP contribution is 2.28. The average Bonchev–Trinajstić information content (AvgIpc) is 3.09. The molecular formula is C15H20FN7O2S. The van der Waals surface area contributed by atoms with Gasteiger partial charge >= 0.3 is 0 Å². The number of aliphatic imine (C=N–C) groups is 1. The molecule has 0 atom stereocenters. The van der Waals surface area contributed by atoms with Gasteiger partial charge in [0.2, 0.25) is 5.82 Å². The van der Waals surface area contributed by atoms with Gasteiger partial charge in [-0.3, -0.25) is 21.0 Å². The van der Waals surface area contributed by atoms with Crippen molar-refractivity contribution in [3.05, 3.63) is 35.3 Å². The summed E-state index contributed by atoms with van der Waals surface area (Å²) < 4.78 is 18.2. The molecule has 2 aromatic rings. The van der Waals surface area contributed by atoms with E-state index in [1.54, 1.807) is 0 Å². The molecule has 0 aliphatic carbocycles. The quantitative estimate of drug-likeness (QED) is 0.208. The van der Waals surface area contributed by atoms with Crippen molar-refractivity contribution in [2.75, 3.05) is 23.4 Å². The topological polar surface area (TPSA) is 148 Å². The Balaban J connectivity index is 2.21. The Morgan fingerprint density at radius 2 is 2.23 bits per heavy atom. The summed E-state index contributed by atoms with van der Waals surface area (Å²) in [7, 11) is -1.66. The number of terminal acetylenes is 1. The maximum atomic E-state index is 13.5. The summed E-state index contributed by atoms with van der Waals surface area (Å²) in [5.41, 5.74) is 2.41. The SMILES string of the molecule is C#Cc1cc(N=C(NO)c2nonc2NCCS(N)(N)CC)ccc1F. The van der Waals surface area contributed by atoms with Gasteiger partial charge in [-0.15, -0.1) is 16.8 Å². The maximum absolute atomic E-state index is 13.5. The highest BCUT2D eigenvalue weighted by atomic mass is 32.3. The van der Waals surface area contributed by atoms with Crippen LogP contribution in [0.25, 0.3) is 0 Å². The first kappa shape index (κ1) is 19.7. The van der Waals surface area contributed by atoms with Crippen molar-refractivity contribution in [2.45, 2.75) is 6.92 Å². The largest absolute Gasteiger partial charge is 0.364 e. The predicted molar refractivity (Wildman–Crippen MR) is 99.6 cm³/mol. The van der Waals surface area contributed by atoms with E-state index in [9.17, 15) is 9.60 Å². The molecule has 2 rings (SSSR count). The van der Waals surface area contributed by atoms with E-state index in [4.69, 9.17) is 21.3 Å². The molecule has 9 nitrogen and oxygen atoms in total. The summed E-state index contributed by atoms with van der Waals surface area (Å²) in [6, 6.07) is 3.93. The second-order valence-corrected chi connectivity index (χ2v) is 8.27. The number of hydroxylamine groups is 1. The molecule has 1 aromatic heterocycles. The fourth-order valence-corrected chi connectivity index (χ4v) is 2.69. The number of amidine groups is 1. The molecular weight excluding hydrogens is 361 g/mol.